The van der Waals surface area contributed by atoms with Crippen molar-refractivity contribution in [3.63, 3.8) is 0 Å². The summed E-state index contributed by atoms with van der Waals surface area (Å²) in [7, 11) is 0. The number of nitrogens with one attached hydrogen (secondary N) is 1. The Morgan fingerprint density at radius 2 is 1.79 bits per heavy atom. The molecule has 0 fully saturated rings. The molecule has 0 heterocycles. The molecule has 0 aromatic heterocycles. The molecule has 0 spiro atoms. The quantitative estimate of drug-likeness (QED) is 0.216. The summed E-state index contributed by atoms with van der Waals surface area (Å²) in [6, 6.07) is 10.7. The minimum atomic E-state index is -0.660. The standard InChI is InChI=1S/C22H23ClN4O6/c1-3-32-21(28)12-11-19(22(29)33-4-2)25-26-20-13-16(23)7-10-18(20)24-14-15-5-8-17(9-6-15)27(30)31/h5-10,13-14,26H,3-4,11-12H2,1-2H3/b24-14?,25-19+. The summed E-state index contributed by atoms with van der Waals surface area (Å²) in [5.41, 5.74) is 4.24. The van der Waals surface area contributed by atoms with Crippen LogP contribution in [0.25, 0.3) is 0 Å². The van der Waals surface area contributed by atoms with E-state index < -0.39 is 16.9 Å². The van der Waals surface area contributed by atoms with Gasteiger partial charge in [0, 0.05) is 29.8 Å². The topological polar surface area (TPSA) is 132 Å². The number of nitrogens with zero attached hydrogens (tertiary/aromatic N) is 3. The van der Waals surface area contributed by atoms with Crippen molar-refractivity contribution in [2.24, 2.45) is 10.1 Å². The number of rotatable bonds is 11. The van der Waals surface area contributed by atoms with Gasteiger partial charge in [-0.3, -0.25) is 25.3 Å². The highest BCUT2D eigenvalue weighted by Gasteiger charge is 2.16. The van der Waals surface area contributed by atoms with Crippen LogP contribution in [-0.4, -0.2) is 42.0 Å². The highest BCUT2D eigenvalue weighted by atomic mass is 35.5. The predicted octanol–water partition coefficient (Wildman–Crippen LogP) is 4.67. The number of hydrazone groups is 1. The number of hydrogen-bond acceptors (Lipinski definition) is 9. The zero-order valence-corrected chi connectivity index (χ0v) is 18.9. The first-order chi connectivity index (χ1) is 15.8. The maximum Gasteiger partial charge on any atom is 0.354 e. The minimum absolute atomic E-state index is 0.00942. The van der Waals surface area contributed by atoms with Crippen LogP contribution in [0.2, 0.25) is 5.02 Å². The highest BCUT2D eigenvalue weighted by molar-refractivity contribution is 6.36. The van der Waals surface area contributed by atoms with E-state index in [1.54, 1.807) is 44.2 Å². The molecule has 174 valence electrons. The molecule has 11 heteroatoms. The third-order valence-electron chi connectivity index (χ3n) is 4.11. The second kappa shape index (κ2) is 12.9. The number of anilines is 1. The van der Waals surface area contributed by atoms with E-state index in [9.17, 15) is 19.7 Å². The molecule has 0 saturated carbocycles. The number of carbonyl (C=O) groups excluding carboxylic acids is 2. The zero-order chi connectivity index (χ0) is 24.2. The van der Waals surface area contributed by atoms with Crippen molar-refractivity contribution < 1.29 is 24.0 Å². The van der Waals surface area contributed by atoms with Crippen molar-refractivity contribution in [2.45, 2.75) is 26.7 Å². The molecule has 0 aliphatic rings. The Labute approximate surface area is 195 Å². The number of carbonyl (C=O) groups is 2. The van der Waals surface area contributed by atoms with Gasteiger partial charge in [-0.2, -0.15) is 5.10 Å². The number of non-ortho nitro benzene ring substituents is 1. The van der Waals surface area contributed by atoms with Crippen LogP contribution in [0.3, 0.4) is 0 Å². The lowest BCUT2D eigenvalue weighted by Gasteiger charge is -2.09. The fraction of sp³-hybridized carbons (Fsp3) is 0.273. The molecular weight excluding hydrogens is 452 g/mol. The summed E-state index contributed by atoms with van der Waals surface area (Å²) in [5.74, 6) is -1.11. The molecule has 0 saturated heterocycles. The second-order valence-electron chi connectivity index (χ2n) is 6.46. The van der Waals surface area contributed by atoms with Gasteiger partial charge in [-0.05, 0) is 49.7 Å². The summed E-state index contributed by atoms with van der Waals surface area (Å²) in [5, 5.41) is 15.3. The zero-order valence-electron chi connectivity index (χ0n) is 18.1. The number of halogens is 1. The first-order valence-corrected chi connectivity index (χ1v) is 10.4. The number of esters is 2. The molecule has 0 atom stereocenters. The Morgan fingerprint density at radius 1 is 1.09 bits per heavy atom. The van der Waals surface area contributed by atoms with Crippen molar-refractivity contribution in [1.82, 2.24) is 0 Å². The normalized spacial score (nSPS) is 11.3. The maximum atomic E-state index is 12.2. The summed E-state index contributed by atoms with van der Waals surface area (Å²) < 4.78 is 9.89. The maximum absolute atomic E-state index is 12.2. The van der Waals surface area contributed by atoms with Gasteiger partial charge in [0.2, 0.25) is 0 Å². The first-order valence-electron chi connectivity index (χ1n) is 10.1. The van der Waals surface area contributed by atoms with Crippen molar-refractivity contribution >= 4 is 52.5 Å². The lowest BCUT2D eigenvalue weighted by atomic mass is 10.2. The summed E-state index contributed by atoms with van der Waals surface area (Å²) in [4.78, 5) is 38.6. The van der Waals surface area contributed by atoms with Gasteiger partial charge in [-0.15, -0.1) is 0 Å². The van der Waals surface area contributed by atoms with Gasteiger partial charge in [0.25, 0.3) is 5.69 Å². The highest BCUT2D eigenvalue weighted by Crippen LogP contribution is 2.28. The average Bonchev–Trinajstić information content (AvgIpc) is 2.79. The van der Waals surface area contributed by atoms with Gasteiger partial charge >= 0.3 is 11.9 Å². The Kier molecular flexibility index (Phi) is 9.97. The molecule has 0 radical (unpaired) electrons. The molecule has 1 N–H and O–H groups in total. The third kappa shape index (κ3) is 8.34. The van der Waals surface area contributed by atoms with Crippen molar-refractivity contribution in [1.29, 1.82) is 0 Å². The summed E-state index contributed by atoms with van der Waals surface area (Å²) in [6.07, 6.45) is 1.51. The van der Waals surface area contributed by atoms with Crippen molar-refractivity contribution in [2.75, 3.05) is 18.6 Å². The van der Waals surface area contributed by atoms with Crippen molar-refractivity contribution in [3.8, 4) is 0 Å². The number of ether oxygens (including phenoxy) is 2. The lowest BCUT2D eigenvalue weighted by Crippen LogP contribution is -2.20. The Morgan fingerprint density at radius 3 is 2.42 bits per heavy atom. The molecule has 0 aliphatic carbocycles. The summed E-state index contributed by atoms with van der Waals surface area (Å²) in [6.45, 7) is 3.74. The van der Waals surface area contributed by atoms with Crippen LogP contribution in [0.4, 0.5) is 17.1 Å². The van der Waals surface area contributed by atoms with Crippen LogP contribution in [0.15, 0.2) is 52.6 Å². The molecular formula is C22H23ClN4O6. The molecule has 10 nitrogen and oxygen atoms in total. The third-order valence-corrected chi connectivity index (χ3v) is 4.34. The van der Waals surface area contributed by atoms with Gasteiger partial charge in [-0.1, -0.05) is 11.6 Å². The van der Waals surface area contributed by atoms with Crippen LogP contribution >= 0.6 is 11.6 Å². The number of nitro benzene ring substituents is 1. The van der Waals surface area contributed by atoms with Gasteiger partial charge in [0.05, 0.1) is 35.9 Å². The predicted molar refractivity (Wildman–Crippen MR) is 125 cm³/mol. The number of aliphatic imine (C=N–C) groups is 1. The van der Waals surface area contributed by atoms with Crippen LogP contribution in [0.1, 0.15) is 32.3 Å². The largest absolute Gasteiger partial charge is 0.466 e. The molecule has 2 rings (SSSR count). The number of nitro groups is 1. The molecule has 33 heavy (non-hydrogen) atoms. The van der Waals surface area contributed by atoms with Gasteiger partial charge in [-0.25, -0.2) is 4.79 Å². The molecule has 0 bridgehead atoms. The van der Waals surface area contributed by atoms with E-state index in [4.69, 9.17) is 21.1 Å². The van der Waals surface area contributed by atoms with E-state index in [2.05, 4.69) is 15.5 Å². The van der Waals surface area contributed by atoms with Gasteiger partial charge < -0.3 is 9.47 Å². The lowest BCUT2D eigenvalue weighted by molar-refractivity contribution is -0.384. The molecule has 0 aliphatic heterocycles. The van der Waals surface area contributed by atoms with E-state index in [1.165, 1.54) is 18.3 Å². The Hall–Kier alpha value is -3.79. The minimum Gasteiger partial charge on any atom is -0.466 e. The summed E-state index contributed by atoms with van der Waals surface area (Å²) >= 11 is 6.09. The molecule has 2 aromatic carbocycles. The fourth-order valence-electron chi connectivity index (χ4n) is 2.54. The smallest absolute Gasteiger partial charge is 0.354 e. The second-order valence-corrected chi connectivity index (χ2v) is 6.90. The van der Waals surface area contributed by atoms with Crippen LogP contribution in [0, 0.1) is 10.1 Å². The Bertz CT molecular complexity index is 1050. The van der Waals surface area contributed by atoms with Crippen LogP contribution < -0.4 is 5.43 Å². The van der Waals surface area contributed by atoms with E-state index in [0.717, 1.165) is 0 Å². The van der Waals surface area contributed by atoms with Crippen LogP contribution in [-0.2, 0) is 19.1 Å². The Balaban J connectivity index is 2.23. The molecule has 2 aromatic rings. The van der Waals surface area contributed by atoms with Gasteiger partial charge in [0.15, 0.2) is 0 Å². The monoisotopic (exact) mass is 474 g/mol. The SMILES string of the molecule is CCOC(=O)CC/C(=N\Nc1cc(Cl)ccc1N=Cc1ccc([N+](=O)[O-])cc1)C(=O)OCC. The number of hydrogen-bond donors (Lipinski definition) is 1. The van der Waals surface area contributed by atoms with Crippen LogP contribution in [0.5, 0.6) is 0 Å². The molecule has 0 amide bonds. The number of benzene rings is 2. The first kappa shape index (κ1) is 25.5. The fourth-order valence-corrected chi connectivity index (χ4v) is 2.71. The van der Waals surface area contributed by atoms with E-state index in [0.29, 0.717) is 22.0 Å². The van der Waals surface area contributed by atoms with E-state index in [1.807, 2.05) is 0 Å². The van der Waals surface area contributed by atoms with E-state index >= 15 is 0 Å². The molecule has 0 unspecified atom stereocenters. The van der Waals surface area contributed by atoms with Gasteiger partial charge in [0.1, 0.15) is 5.71 Å². The van der Waals surface area contributed by atoms with Crippen molar-refractivity contribution in [3.05, 3.63) is 63.2 Å². The van der Waals surface area contributed by atoms with E-state index in [-0.39, 0.29) is 37.5 Å². The average molecular weight is 475 g/mol.